The second kappa shape index (κ2) is 3.39. The summed E-state index contributed by atoms with van der Waals surface area (Å²) >= 11 is 6.06. The van der Waals surface area contributed by atoms with Crippen molar-refractivity contribution in [1.29, 1.82) is 0 Å². The van der Waals surface area contributed by atoms with Crippen molar-refractivity contribution in [3.05, 3.63) is 28.3 Å². The van der Waals surface area contributed by atoms with Crippen LogP contribution in [0.25, 0.3) is 0 Å². The van der Waals surface area contributed by atoms with Crippen LogP contribution in [0.15, 0.2) is 12.1 Å². The minimum atomic E-state index is -0.220. The standard InChI is InChI=1S/C13H15ClN2O/c1-8-5-10(14)6-9-7-16-11(17)3-4-13(16,2)15-12(8)9/h5-6,15H,3-4,7H2,1-2H3. The Kier molecular flexibility index (Phi) is 2.17. The average molecular weight is 251 g/mol. The van der Waals surface area contributed by atoms with Crippen molar-refractivity contribution in [2.75, 3.05) is 5.32 Å². The summed E-state index contributed by atoms with van der Waals surface area (Å²) in [5.74, 6) is 0.225. The largest absolute Gasteiger partial charge is 0.362 e. The van der Waals surface area contributed by atoms with Gasteiger partial charge in [0.2, 0.25) is 5.91 Å². The molecule has 1 N–H and O–H groups in total. The quantitative estimate of drug-likeness (QED) is 0.768. The van der Waals surface area contributed by atoms with Gasteiger partial charge < -0.3 is 10.2 Å². The first kappa shape index (κ1) is 10.9. The zero-order valence-corrected chi connectivity index (χ0v) is 10.8. The van der Waals surface area contributed by atoms with Crippen LogP contribution in [-0.4, -0.2) is 16.5 Å². The highest BCUT2D eigenvalue weighted by Crippen LogP contribution is 2.40. The third-order valence-corrected chi connectivity index (χ3v) is 4.05. The van der Waals surface area contributed by atoms with Gasteiger partial charge in [0.1, 0.15) is 5.66 Å². The Balaban J connectivity index is 2.10. The zero-order chi connectivity index (χ0) is 12.2. The molecule has 2 heterocycles. The predicted octanol–water partition coefficient (Wildman–Crippen LogP) is 2.91. The summed E-state index contributed by atoms with van der Waals surface area (Å²) in [6.07, 6.45) is 1.50. The molecule has 90 valence electrons. The van der Waals surface area contributed by atoms with E-state index in [2.05, 4.69) is 12.2 Å². The number of halogens is 1. The van der Waals surface area contributed by atoms with Crippen LogP contribution in [0.3, 0.4) is 0 Å². The molecule has 0 aliphatic carbocycles. The second-order valence-electron chi connectivity index (χ2n) is 5.14. The number of nitrogens with one attached hydrogen (secondary N) is 1. The molecule has 0 aromatic heterocycles. The molecule has 0 saturated carbocycles. The zero-order valence-electron chi connectivity index (χ0n) is 10.0. The van der Waals surface area contributed by atoms with Crippen molar-refractivity contribution >= 4 is 23.2 Å². The van der Waals surface area contributed by atoms with Crippen LogP contribution >= 0.6 is 11.6 Å². The Morgan fingerprint density at radius 1 is 1.47 bits per heavy atom. The molecular formula is C13H15ClN2O. The first-order chi connectivity index (χ1) is 7.99. The molecule has 0 radical (unpaired) electrons. The Morgan fingerprint density at radius 3 is 3.00 bits per heavy atom. The molecule has 1 unspecified atom stereocenters. The molecular weight excluding hydrogens is 236 g/mol. The number of amides is 1. The molecule has 1 aromatic carbocycles. The van der Waals surface area contributed by atoms with Gasteiger partial charge >= 0.3 is 0 Å². The van der Waals surface area contributed by atoms with E-state index in [1.165, 1.54) is 0 Å². The topological polar surface area (TPSA) is 32.3 Å². The van der Waals surface area contributed by atoms with E-state index >= 15 is 0 Å². The number of carbonyl (C=O) groups is 1. The summed E-state index contributed by atoms with van der Waals surface area (Å²) in [4.78, 5) is 13.8. The lowest BCUT2D eigenvalue weighted by molar-refractivity contribution is -0.131. The molecule has 0 spiro atoms. The van der Waals surface area contributed by atoms with Crippen molar-refractivity contribution in [3.8, 4) is 0 Å². The van der Waals surface area contributed by atoms with E-state index in [1.54, 1.807) is 0 Å². The lowest BCUT2D eigenvalue weighted by atomic mass is 9.99. The van der Waals surface area contributed by atoms with Crippen LogP contribution in [0.2, 0.25) is 5.02 Å². The summed E-state index contributed by atoms with van der Waals surface area (Å²) in [6.45, 7) is 4.81. The SMILES string of the molecule is Cc1cc(Cl)cc2c1NC1(C)CCC(=O)N1C2. The summed E-state index contributed by atoms with van der Waals surface area (Å²) < 4.78 is 0. The highest BCUT2D eigenvalue weighted by Gasteiger charge is 2.44. The minimum absolute atomic E-state index is 0.220. The third kappa shape index (κ3) is 1.53. The summed E-state index contributed by atoms with van der Waals surface area (Å²) in [5, 5.41) is 4.24. The predicted molar refractivity (Wildman–Crippen MR) is 68.0 cm³/mol. The van der Waals surface area contributed by atoms with E-state index in [9.17, 15) is 4.79 Å². The normalized spacial score (nSPS) is 26.5. The van der Waals surface area contributed by atoms with Crippen molar-refractivity contribution in [3.63, 3.8) is 0 Å². The molecule has 1 atom stereocenters. The highest BCUT2D eigenvalue weighted by atomic mass is 35.5. The number of benzene rings is 1. The highest BCUT2D eigenvalue weighted by molar-refractivity contribution is 6.30. The molecule has 3 rings (SSSR count). The minimum Gasteiger partial charge on any atom is -0.362 e. The van der Waals surface area contributed by atoms with Crippen LogP contribution in [0, 0.1) is 6.92 Å². The lowest BCUT2D eigenvalue weighted by Crippen LogP contribution is -2.51. The van der Waals surface area contributed by atoms with E-state index in [1.807, 2.05) is 24.0 Å². The van der Waals surface area contributed by atoms with Crippen LogP contribution in [0.1, 0.15) is 30.9 Å². The molecule has 17 heavy (non-hydrogen) atoms. The Labute approximate surface area is 106 Å². The number of nitrogens with zero attached hydrogens (tertiary/aromatic N) is 1. The van der Waals surface area contributed by atoms with Crippen LogP contribution < -0.4 is 5.32 Å². The smallest absolute Gasteiger partial charge is 0.224 e. The van der Waals surface area contributed by atoms with Gasteiger partial charge in [0, 0.05) is 17.1 Å². The molecule has 2 aliphatic heterocycles. The molecule has 1 saturated heterocycles. The summed E-state index contributed by atoms with van der Waals surface area (Å²) in [7, 11) is 0. The van der Waals surface area contributed by atoms with Crippen molar-refractivity contribution in [1.82, 2.24) is 4.90 Å². The monoisotopic (exact) mass is 250 g/mol. The lowest BCUT2D eigenvalue weighted by Gasteiger charge is -2.42. The fourth-order valence-electron chi connectivity index (χ4n) is 2.84. The van der Waals surface area contributed by atoms with Crippen molar-refractivity contribution < 1.29 is 4.79 Å². The number of rotatable bonds is 0. The van der Waals surface area contributed by atoms with Gasteiger partial charge in [0.25, 0.3) is 0 Å². The van der Waals surface area contributed by atoms with Crippen LogP contribution in [0.5, 0.6) is 0 Å². The number of hydrogen-bond donors (Lipinski definition) is 1. The first-order valence-corrected chi connectivity index (χ1v) is 6.25. The van der Waals surface area contributed by atoms with Crippen molar-refractivity contribution in [2.24, 2.45) is 0 Å². The Hall–Kier alpha value is -1.22. The molecule has 2 aliphatic rings. The van der Waals surface area contributed by atoms with Crippen molar-refractivity contribution in [2.45, 2.75) is 38.9 Å². The van der Waals surface area contributed by atoms with Gasteiger partial charge in [0.15, 0.2) is 0 Å². The maximum atomic E-state index is 11.8. The van der Waals surface area contributed by atoms with E-state index in [4.69, 9.17) is 11.6 Å². The van der Waals surface area contributed by atoms with Gasteiger partial charge in [-0.05, 0) is 43.5 Å². The number of aryl methyl sites for hydroxylation is 1. The molecule has 0 bridgehead atoms. The molecule has 1 fully saturated rings. The number of anilines is 1. The van der Waals surface area contributed by atoms with Crippen LogP contribution in [0.4, 0.5) is 5.69 Å². The van der Waals surface area contributed by atoms with Gasteiger partial charge in [0.05, 0.1) is 6.54 Å². The van der Waals surface area contributed by atoms with Gasteiger partial charge in [-0.2, -0.15) is 0 Å². The number of fused-ring (bicyclic) bond motifs is 2. The summed E-state index contributed by atoms with van der Waals surface area (Å²) in [5.41, 5.74) is 3.18. The Bertz CT molecular complexity index is 514. The fourth-order valence-corrected chi connectivity index (χ4v) is 3.14. The maximum Gasteiger partial charge on any atom is 0.224 e. The fraction of sp³-hybridized carbons (Fsp3) is 0.462. The van der Waals surface area contributed by atoms with E-state index in [0.717, 1.165) is 28.3 Å². The molecule has 1 aromatic rings. The van der Waals surface area contributed by atoms with E-state index < -0.39 is 0 Å². The Morgan fingerprint density at radius 2 is 2.24 bits per heavy atom. The van der Waals surface area contributed by atoms with Crippen LogP contribution in [-0.2, 0) is 11.3 Å². The van der Waals surface area contributed by atoms with E-state index in [-0.39, 0.29) is 11.6 Å². The number of carbonyl (C=O) groups excluding carboxylic acids is 1. The van der Waals surface area contributed by atoms with Gasteiger partial charge in [-0.3, -0.25) is 4.79 Å². The second-order valence-corrected chi connectivity index (χ2v) is 5.57. The third-order valence-electron chi connectivity index (χ3n) is 3.83. The molecule has 4 heteroatoms. The maximum absolute atomic E-state index is 11.8. The van der Waals surface area contributed by atoms with Gasteiger partial charge in [-0.25, -0.2) is 0 Å². The van der Waals surface area contributed by atoms with Gasteiger partial charge in [-0.1, -0.05) is 11.6 Å². The summed E-state index contributed by atoms with van der Waals surface area (Å²) in [6, 6.07) is 3.91. The molecule has 3 nitrogen and oxygen atoms in total. The average Bonchev–Trinajstić information content (AvgIpc) is 2.54. The first-order valence-electron chi connectivity index (χ1n) is 5.87. The number of hydrogen-bond acceptors (Lipinski definition) is 2. The molecule has 1 amide bonds. The van der Waals surface area contributed by atoms with E-state index in [0.29, 0.717) is 13.0 Å². The van der Waals surface area contributed by atoms with Gasteiger partial charge in [-0.15, -0.1) is 0 Å².